The van der Waals surface area contributed by atoms with Crippen molar-refractivity contribution in [3.05, 3.63) is 30.6 Å². The predicted octanol–water partition coefficient (Wildman–Crippen LogP) is 2.21. The minimum Gasteiger partial charge on any atom is -0.487 e. The van der Waals surface area contributed by atoms with Crippen LogP contribution >= 0.6 is 7.37 Å². The van der Waals surface area contributed by atoms with E-state index in [2.05, 4.69) is 15.0 Å². The van der Waals surface area contributed by atoms with Gasteiger partial charge in [0, 0.05) is 13.6 Å². The maximum Gasteiger partial charge on any atom is 0.338 e. The van der Waals surface area contributed by atoms with Crippen LogP contribution in [0.1, 0.15) is 33.9 Å². The molecule has 0 amide bonds. The maximum absolute atomic E-state index is 16.0. The van der Waals surface area contributed by atoms with E-state index in [4.69, 9.17) is 30.2 Å². The first-order valence-corrected chi connectivity index (χ1v) is 15.3. The van der Waals surface area contributed by atoms with Gasteiger partial charge in [-0.05, 0) is 39.8 Å². The van der Waals surface area contributed by atoms with Gasteiger partial charge >= 0.3 is 5.97 Å². The quantitative estimate of drug-likeness (QED) is 0.225. The lowest BCUT2D eigenvalue weighted by atomic mass is 9.98. The summed E-state index contributed by atoms with van der Waals surface area (Å²) in [7, 11) is -1.80. The summed E-state index contributed by atoms with van der Waals surface area (Å²) >= 11 is 0. The molecule has 5 N–H and O–H groups in total. The Bertz CT molecular complexity index is 1550. The molecule has 0 bridgehead atoms. The van der Waals surface area contributed by atoms with E-state index < -0.39 is 48.8 Å². The molecule has 42 heavy (non-hydrogen) atoms. The highest BCUT2D eigenvalue weighted by atomic mass is 31.2. The number of aliphatic hydroxyl groups is 1. The second kappa shape index (κ2) is 10.6. The molecule has 6 atom stereocenters. The first-order valence-electron chi connectivity index (χ1n) is 13.5. The standard InChI is InChI=1S/C26H35FN7O7P/c1-6-33(5)20-18-21(32-24(28)31-20)34(13-30-18)22-25(4,27)19(35)17(40-22)11-38-15-9-7-8-10-16(15)41-42(37)12-26(42,29)23(36)39-14(2)3/h7-10,13-14,17,19,22,35H,6,11-12,29H2,1-5H3,(H2,28,31,32)/t17?,19?,22?,25?,26-,42?/m1/s1. The number of carbonyl (C=O) groups is 1. The fourth-order valence-corrected chi connectivity index (χ4v) is 6.81. The van der Waals surface area contributed by atoms with E-state index in [9.17, 15) is 14.5 Å². The van der Waals surface area contributed by atoms with Crippen molar-refractivity contribution in [1.82, 2.24) is 19.5 Å². The third-order valence-corrected chi connectivity index (χ3v) is 9.96. The second-order valence-corrected chi connectivity index (χ2v) is 13.6. The van der Waals surface area contributed by atoms with Crippen LogP contribution in [-0.4, -0.2) is 86.2 Å². The number of aliphatic hydroxyl groups excluding tert-OH is 1. The van der Waals surface area contributed by atoms with Crippen LogP contribution in [0.3, 0.4) is 0 Å². The van der Waals surface area contributed by atoms with Gasteiger partial charge in [-0.25, -0.2) is 14.2 Å². The molecule has 2 aliphatic heterocycles. The van der Waals surface area contributed by atoms with E-state index in [1.807, 2.05) is 18.9 Å². The van der Waals surface area contributed by atoms with Gasteiger partial charge in [-0.1, -0.05) is 12.1 Å². The van der Waals surface area contributed by atoms with Gasteiger partial charge in [0.1, 0.15) is 18.8 Å². The van der Waals surface area contributed by atoms with Gasteiger partial charge in [0.15, 0.2) is 40.4 Å². The number of nitrogen functional groups attached to an aromatic ring is 1. The van der Waals surface area contributed by atoms with E-state index in [-0.39, 0.29) is 35.9 Å². The fraction of sp³-hybridized carbons (Fsp3) is 0.538. The van der Waals surface area contributed by atoms with Crippen LogP contribution in [0.4, 0.5) is 16.2 Å². The van der Waals surface area contributed by atoms with Crippen molar-refractivity contribution in [1.29, 1.82) is 0 Å². The summed E-state index contributed by atoms with van der Waals surface area (Å²) < 4.78 is 53.3. The summed E-state index contributed by atoms with van der Waals surface area (Å²) in [6.07, 6.45) is -3.30. The Morgan fingerprint density at radius 3 is 2.69 bits per heavy atom. The van der Waals surface area contributed by atoms with Crippen molar-refractivity contribution >= 4 is 36.3 Å². The Morgan fingerprint density at radius 1 is 1.33 bits per heavy atom. The van der Waals surface area contributed by atoms with Crippen LogP contribution < -0.4 is 25.6 Å². The normalized spacial score (nSPS) is 30.5. The number of halogens is 1. The molecule has 16 heteroatoms. The zero-order chi connectivity index (χ0) is 30.6. The molecular weight excluding hydrogens is 572 g/mol. The molecule has 2 saturated heterocycles. The second-order valence-electron chi connectivity index (χ2n) is 10.9. The average Bonchev–Trinajstić information content (AvgIpc) is 3.16. The van der Waals surface area contributed by atoms with Crippen molar-refractivity contribution in [3.8, 4) is 11.5 Å². The number of fused-ring (bicyclic) bond motifs is 1. The molecule has 0 radical (unpaired) electrons. The zero-order valence-corrected chi connectivity index (χ0v) is 24.8. The van der Waals surface area contributed by atoms with Crippen molar-refractivity contribution in [2.24, 2.45) is 5.73 Å². The number of para-hydroxylation sites is 2. The van der Waals surface area contributed by atoms with Crippen molar-refractivity contribution < 1.29 is 37.6 Å². The number of hydrogen-bond acceptors (Lipinski definition) is 13. The molecule has 3 aromatic rings. The third kappa shape index (κ3) is 5.04. The molecule has 5 unspecified atom stereocenters. The van der Waals surface area contributed by atoms with Gasteiger partial charge in [-0.15, -0.1) is 0 Å². The van der Waals surface area contributed by atoms with Gasteiger partial charge in [-0.2, -0.15) is 9.97 Å². The van der Waals surface area contributed by atoms with Gasteiger partial charge < -0.3 is 40.2 Å². The van der Waals surface area contributed by atoms with Crippen molar-refractivity contribution in [3.63, 3.8) is 0 Å². The molecule has 14 nitrogen and oxygen atoms in total. The highest BCUT2D eigenvalue weighted by Crippen LogP contribution is 2.73. The summed E-state index contributed by atoms with van der Waals surface area (Å²) in [5.74, 6) is -0.146. The lowest BCUT2D eigenvalue weighted by Crippen LogP contribution is -2.41. The third-order valence-electron chi connectivity index (χ3n) is 7.37. The van der Waals surface area contributed by atoms with Crippen LogP contribution in [0.15, 0.2) is 30.6 Å². The molecule has 2 fully saturated rings. The molecule has 4 heterocycles. The number of imidazole rings is 1. The number of rotatable bonds is 10. The zero-order valence-electron chi connectivity index (χ0n) is 23.9. The number of benzene rings is 1. The SMILES string of the molecule is CCN(C)c1nc(N)nc2c1ncn2C1OC(COc2ccccc2OP2(=O)C[C@]2(N)C(=O)OC(C)C)C(O)C1(C)F. The smallest absolute Gasteiger partial charge is 0.338 e. The van der Waals surface area contributed by atoms with Gasteiger partial charge in [-0.3, -0.25) is 9.13 Å². The molecule has 2 aliphatic rings. The van der Waals surface area contributed by atoms with Crippen LogP contribution in [0.5, 0.6) is 11.5 Å². The van der Waals surface area contributed by atoms with Crippen LogP contribution in [0.25, 0.3) is 11.2 Å². The largest absolute Gasteiger partial charge is 0.487 e. The lowest BCUT2D eigenvalue weighted by Gasteiger charge is -2.24. The average molecular weight is 608 g/mol. The highest BCUT2D eigenvalue weighted by Gasteiger charge is 2.73. The number of carbonyl (C=O) groups excluding carboxylic acids is 1. The molecule has 1 aromatic carbocycles. The number of nitrogens with two attached hydrogens (primary N) is 2. The van der Waals surface area contributed by atoms with Gasteiger partial charge in [0.2, 0.25) is 11.2 Å². The number of hydrogen-bond donors (Lipinski definition) is 3. The Morgan fingerprint density at radius 2 is 2.02 bits per heavy atom. The maximum atomic E-state index is 16.0. The van der Waals surface area contributed by atoms with Crippen LogP contribution in [0, 0.1) is 0 Å². The highest BCUT2D eigenvalue weighted by molar-refractivity contribution is 7.70. The topological polar surface area (TPSA) is 190 Å². The molecule has 0 aliphatic carbocycles. The Balaban J connectivity index is 1.33. The number of aromatic nitrogens is 4. The van der Waals surface area contributed by atoms with E-state index >= 15 is 4.39 Å². The molecular formula is C26H35FN7O7P. The summed E-state index contributed by atoms with van der Waals surface area (Å²) in [5.41, 5.74) is 10.4. The Kier molecular flexibility index (Phi) is 7.59. The monoisotopic (exact) mass is 607 g/mol. The fourth-order valence-electron chi connectivity index (χ4n) is 4.75. The number of anilines is 2. The summed E-state index contributed by atoms with van der Waals surface area (Å²) in [6, 6.07) is 6.31. The number of ether oxygens (including phenoxy) is 3. The minimum atomic E-state index is -3.62. The van der Waals surface area contributed by atoms with E-state index in [0.717, 1.165) is 0 Å². The number of nitrogens with zero attached hydrogens (tertiary/aromatic N) is 5. The Hall–Kier alpha value is -3.52. The molecule has 0 saturated carbocycles. The van der Waals surface area contributed by atoms with E-state index in [1.165, 1.54) is 30.0 Å². The van der Waals surface area contributed by atoms with Crippen LogP contribution in [-0.2, 0) is 18.8 Å². The van der Waals surface area contributed by atoms with Crippen molar-refractivity contribution in [2.75, 3.05) is 37.0 Å². The first-order chi connectivity index (χ1) is 19.7. The van der Waals surface area contributed by atoms with Crippen molar-refractivity contribution in [2.45, 2.75) is 63.2 Å². The van der Waals surface area contributed by atoms with Gasteiger partial charge in [0.05, 0.1) is 18.6 Å². The predicted molar refractivity (Wildman–Crippen MR) is 151 cm³/mol. The van der Waals surface area contributed by atoms with E-state index in [1.54, 1.807) is 26.0 Å². The lowest BCUT2D eigenvalue weighted by molar-refractivity contribution is -0.148. The minimum absolute atomic E-state index is 0.0243. The van der Waals surface area contributed by atoms with Crippen LogP contribution in [0.2, 0.25) is 0 Å². The number of alkyl halides is 1. The van der Waals surface area contributed by atoms with Gasteiger partial charge in [0.25, 0.3) is 7.37 Å². The summed E-state index contributed by atoms with van der Waals surface area (Å²) in [4.78, 5) is 27.1. The summed E-state index contributed by atoms with van der Waals surface area (Å²) in [6.45, 7) is 6.79. The molecule has 0 spiro atoms. The molecule has 228 valence electrons. The Labute approximate surface area is 241 Å². The molecule has 5 rings (SSSR count). The summed E-state index contributed by atoms with van der Waals surface area (Å²) in [5, 5.41) is 9.17. The molecule has 2 aromatic heterocycles. The first kappa shape index (κ1) is 30.0. The van der Waals surface area contributed by atoms with E-state index in [0.29, 0.717) is 17.9 Å². The number of esters is 1.